The number of oxazole rings is 1. The molecule has 2 heterocycles. The van der Waals surface area contributed by atoms with E-state index in [1.165, 1.54) is 0 Å². The summed E-state index contributed by atoms with van der Waals surface area (Å²) in [6, 6.07) is 14.0. The highest BCUT2D eigenvalue weighted by molar-refractivity contribution is 7.07. The van der Waals surface area contributed by atoms with Crippen molar-refractivity contribution in [3.63, 3.8) is 0 Å². The smallest absolute Gasteiger partial charge is 0.232 e. The molecule has 5 heteroatoms. The van der Waals surface area contributed by atoms with Gasteiger partial charge in [-0.1, -0.05) is 30.3 Å². The zero-order valence-corrected chi connectivity index (χ0v) is 12.1. The van der Waals surface area contributed by atoms with E-state index < -0.39 is 0 Å². The molecule has 0 unspecified atom stereocenters. The second kappa shape index (κ2) is 6.25. The van der Waals surface area contributed by atoms with E-state index >= 15 is 0 Å². The molecule has 21 heavy (non-hydrogen) atoms. The van der Waals surface area contributed by atoms with Crippen LogP contribution < -0.4 is 5.32 Å². The Hall–Kier alpha value is -2.58. The first-order valence-corrected chi connectivity index (χ1v) is 7.48. The first-order chi connectivity index (χ1) is 10.3. The van der Waals surface area contributed by atoms with Crippen molar-refractivity contribution >= 4 is 17.2 Å². The van der Waals surface area contributed by atoms with Crippen molar-refractivity contribution in [1.29, 1.82) is 5.26 Å². The molecule has 104 valence electrons. The summed E-state index contributed by atoms with van der Waals surface area (Å²) in [6.45, 7) is 0.600. The molecular weight excluding hydrogens is 282 g/mol. The summed E-state index contributed by atoms with van der Waals surface area (Å²) < 4.78 is 5.66. The van der Waals surface area contributed by atoms with Gasteiger partial charge in [-0.15, -0.1) is 0 Å². The Morgan fingerprint density at radius 3 is 2.76 bits per heavy atom. The zero-order chi connectivity index (χ0) is 14.5. The molecule has 0 aliphatic heterocycles. The first kappa shape index (κ1) is 13.4. The lowest BCUT2D eigenvalue weighted by Crippen LogP contribution is -1.99. The van der Waals surface area contributed by atoms with Crippen LogP contribution in [-0.2, 0) is 13.0 Å². The summed E-state index contributed by atoms with van der Waals surface area (Å²) in [5, 5.41) is 16.3. The lowest BCUT2D eigenvalue weighted by Gasteiger charge is -2.02. The SMILES string of the molecule is N#Cc1nc(Cc2ccsc2)oc1NCc1ccccc1. The largest absolute Gasteiger partial charge is 0.423 e. The number of nitrogens with zero attached hydrogens (tertiary/aromatic N) is 2. The van der Waals surface area contributed by atoms with Crippen LogP contribution in [0.15, 0.2) is 51.6 Å². The van der Waals surface area contributed by atoms with Gasteiger partial charge >= 0.3 is 0 Å². The molecule has 0 radical (unpaired) electrons. The lowest BCUT2D eigenvalue weighted by molar-refractivity contribution is 0.517. The number of thiophene rings is 1. The third-order valence-electron chi connectivity index (χ3n) is 3.01. The Morgan fingerprint density at radius 2 is 2.05 bits per heavy atom. The highest BCUT2D eigenvalue weighted by atomic mass is 32.1. The summed E-state index contributed by atoms with van der Waals surface area (Å²) in [4.78, 5) is 4.23. The summed E-state index contributed by atoms with van der Waals surface area (Å²) in [5.41, 5.74) is 2.56. The van der Waals surface area contributed by atoms with Gasteiger partial charge in [-0.3, -0.25) is 0 Å². The standard InChI is InChI=1S/C16H13N3OS/c17-9-14-16(18-10-12-4-2-1-3-5-12)20-15(19-14)8-13-6-7-21-11-13/h1-7,11,18H,8,10H2. The van der Waals surface area contributed by atoms with Crippen LogP contribution in [-0.4, -0.2) is 4.98 Å². The summed E-state index contributed by atoms with van der Waals surface area (Å²) in [7, 11) is 0. The normalized spacial score (nSPS) is 10.2. The lowest BCUT2D eigenvalue weighted by atomic mass is 10.2. The number of nitriles is 1. The van der Waals surface area contributed by atoms with Crippen LogP contribution in [0, 0.1) is 11.3 Å². The summed E-state index contributed by atoms with van der Waals surface area (Å²) in [6.07, 6.45) is 0.602. The molecule has 4 nitrogen and oxygen atoms in total. The van der Waals surface area contributed by atoms with Crippen molar-refractivity contribution in [2.75, 3.05) is 5.32 Å². The van der Waals surface area contributed by atoms with Gasteiger partial charge in [-0.05, 0) is 28.0 Å². The van der Waals surface area contributed by atoms with Crippen LogP contribution in [0.25, 0.3) is 0 Å². The quantitative estimate of drug-likeness (QED) is 0.777. The Balaban J connectivity index is 1.72. The van der Waals surface area contributed by atoms with E-state index in [2.05, 4.69) is 16.4 Å². The summed E-state index contributed by atoms with van der Waals surface area (Å²) in [5.74, 6) is 0.993. The van der Waals surface area contributed by atoms with E-state index in [4.69, 9.17) is 9.68 Å². The molecule has 3 rings (SSSR count). The van der Waals surface area contributed by atoms with Crippen molar-refractivity contribution in [2.24, 2.45) is 0 Å². The molecule has 1 N–H and O–H groups in total. The van der Waals surface area contributed by atoms with Crippen LogP contribution in [0.4, 0.5) is 5.88 Å². The maximum Gasteiger partial charge on any atom is 0.232 e. The highest BCUT2D eigenvalue weighted by Crippen LogP contribution is 2.20. The number of anilines is 1. The minimum Gasteiger partial charge on any atom is -0.423 e. The first-order valence-electron chi connectivity index (χ1n) is 6.54. The third kappa shape index (κ3) is 3.30. The van der Waals surface area contributed by atoms with Crippen LogP contribution in [0.2, 0.25) is 0 Å². The van der Waals surface area contributed by atoms with Crippen molar-refractivity contribution in [3.8, 4) is 6.07 Å². The van der Waals surface area contributed by atoms with Gasteiger partial charge in [-0.25, -0.2) is 4.98 Å². The van der Waals surface area contributed by atoms with Gasteiger partial charge in [0.1, 0.15) is 6.07 Å². The zero-order valence-electron chi connectivity index (χ0n) is 11.2. The fourth-order valence-electron chi connectivity index (χ4n) is 1.98. The molecule has 3 aromatic rings. The van der Waals surface area contributed by atoms with Crippen LogP contribution in [0.3, 0.4) is 0 Å². The van der Waals surface area contributed by atoms with E-state index in [1.807, 2.05) is 47.2 Å². The van der Waals surface area contributed by atoms with Gasteiger partial charge in [0.2, 0.25) is 17.5 Å². The van der Waals surface area contributed by atoms with E-state index in [0.29, 0.717) is 30.4 Å². The molecule has 0 atom stereocenters. The van der Waals surface area contributed by atoms with Crippen molar-refractivity contribution < 1.29 is 4.42 Å². The second-order valence-corrected chi connectivity index (χ2v) is 5.32. The molecular formula is C16H13N3OS. The van der Waals surface area contributed by atoms with Crippen LogP contribution >= 0.6 is 11.3 Å². The van der Waals surface area contributed by atoms with E-state index in [1.54, 1.807) is 11.3 Å². The van der Waals surface area contributed by atoms with Crippen molar-refractivity contribution in [3.05, 3.63) is 69.9 Å². The van der Waals surface area contributed by atoms with Gasteiger partial charge in [-0.2, -0.15) is 16.6 Å². The van der Waals surface area contributed by atoms with E-state index in [0.717, 1.165) is 11.1 Å². The molecule has 1 aromatic carbocycles. The molecule has 0 saturated heterocycles. The fourth-order valence-corrected chi connectivity index (χ4v) is 2.65. The second-order valence-electron chi connectivity index (χ2n) is 4.54. The average Bonchev–Trinajstić information content (AvgIpc) is 3.16. The van der Waals surface area contributed by atoms with Gasteiger partial charge < -0.3 is 9.73 Å². The predicted octanol–water partition coefficient (Wildman–Crippen LogP) is 3.81. The third-order valence-corrected chi connectivity index (χ3v) is 3.74. The molecule has 0 saturated carbocycles. The van der Waals surface area contributed by atoms with E-state index in [9.17, 15) is 0 Å². The minimum atomic E-state index is 0.302. The highest BCUT2D eigenvalue weighted by Gasteiger charge is 2.13. The fraction of sp³-hybridized carbons (Fsp3) is 0.125. The number of hydrogen-bond donors (Lipinski definition) is 1. The average molecular weight is 295 g/mol. The van der Waals surface area contributed by atoms with Gasteiger partial charge in [0, 0.05) is 6.54 Å². The predicted molar refractivity (Wildman–Crippen MR) is 82.1 cm³/mol. The minimum absolute atomic E-state index is 0.302. The Bertz CT molecular complexity index is 742. The maximum absolute atomic E-state index is 9.14. The van der Waals surface area contributed by atoms with Gasteiger partial charge in [0.15, 0.2) is 0 Å². The van der Waals surface area contributed by atoms with Gasteiger partial charge in [0.25, 0.3) is 0 Å². The number of aromatic nitrogens is 1. The Kier molecular flexibility index (Phi) is 3.99. The maximum atomic E-state index is 9.14. The Labute approximate surface area is 126 Å². The molecule has 0 fully saturated rings. The van der Waals surface area contributed by atoms with Crippen LogP contribution in [0.5, 0.6) is 0 Å². The number of nitrogens with one attached hydrogen (secondary N) is 1. The van der Waals surface area contributed by atoms with Crippen LogP contribution in [0.1, 0.15) is 22.7 Å². The molecule has 0 spiro atoms. The van der Waals surface area contributed by atoms with Crippen molar-refractivity contribution in [2.45, 2.75) is 13.0 Å². The topological polar surface area (TPSA) is 61.9 Å². The molecule has 0 bridgehead atoms. The monoisotopic (exact) mass is 295 g/mol. The van der Waals surface area contributed by atoms with Crippen molar-refractivity contribution in [1.82, 2.24) is 4.98 Å². The molecule has 0 aliphatic carbocycles. The van der Waals surface area contributed by atoms with E-state index in [-0.39, 0.29) is 0 Å². The molecule has 0 aliphatic rings. The van der Waals surface area contributed by atoms with Gasteiger partial charge in [0.05, 0.1) is 6.42 Å². The Morgan fingerprint density at radius 1 is 1.19 bits per heavy atom. The number of benzene rings is 1. The summed E-state index contributed by atoms with van der Waals surface area (Å²) >= 11 is 1.63. The molecule has 0 amide bonds. The number of hydrogen-bond acceptors (Lipinski definition) is 5. The molecule has 2 aromatic heterocycles. The number of rotatable bonds is 5.